The molecule has 10 aromatic rings. The molecule has 0 saturated carbocycles. The van der Waals surface area contributed by atoms with Gasteiger partial charge in [-0.15, -0.1) is 0 Å². The molecule has 0 aromatic heterocycles. The maximum Gasteiger partial charge on any atom is 0.0497 e. The molecule has 2 heteroatoms. The van der Waals surface area contributed by atoms with Crippen molar-refractivity contribution in [2.45, 2.75) is 6.42 Å². The van der Waals surface area contributed by atoms with Gasteiger partial charge in [0, 0.05) is 40.5 Å². The van der Waals surface area contributed by atoms with E-state index in [1.807, 2.05) is 0 Å². The Bertz CT molecular complexity index is 3110. The van der Waals surface area contributed by atoms with Crippen molar-refractivity contribution >= 4 is 55.7 Å². The zero-order chi connectivity index (χ0) is 39.1. The van der Waals surface area contributed by atoms with E-state index in [9.17, 15) is 0 Å². The minimum absolute atomic E-state index is 0.847. The van der Waals surface area contributed by atoms with E-state index < -0.39 is 0 Å². The molecule has 0 amide bonds. The first-order chi connectivity index (χ1) is 29.2. The number of rotatable bonds is 7. The minimum atomic E-state index is 0.847. The van der Waals surface area contributed by atoms with E-state index in [-0.39, 0.29) is 0 Å². The SMILES string of the molecule is c1ccc(-c2ccc(N(c3ccccc3)c3ccc(-c4ccc5c(c4)Cc4cc(-c6cccc7ccccc67)ccc4N5c4ccc5ccccc5c4)cc3)cc2)cc1. The van der Waals surface area contributed by atoms with Crippen molar-refractivity contribution in [2.75, 3.05) is 9.80 Å². The van der Waals surface area contributed by atoms with Crippen molar-refractivity contribution in [1.82, 2.24) is 0 Å². The second kappa shape index (κ2) is 14.7. The highest BCUT2D eigenvalue weighted by atomic mass is 15.2. The molecule has 59 heavy (non-hydrogen) atoms. The lowest BCUT2D eigenvalue weighted by atomic mass is 9.89. The van der Waals surface area contributed by atoms with Gasteiger partial charge in [-0.25, -0.2) is 0 Å². The lowest BCUT2D eigenvalue weighted by Gasteiger charge is -2.34. The molecule has 1 aliphatic rings. The van der Waals surface area contributed by atoms with Crippen LogP contribution >= 0.6 is 0 Å². The lowest BCUT2D eigenvalue weighted by Crippen LogP contribution is -2.18. The quantitative estimate of drug-likeness (QED) is 0.160. The molecule has 1 aliphatic heterocycles. The third-order valence-corrected chi connectivity index (χ3v) is 11.8. The zero-order valence-corrected chi connectivity index (χ0v) is 32.5. The number of nitrogens with zero attached hydrogens (tertiary/aromatic N) is 2. The molecule has 10 aromatic carbocycles. The predicted molar refractivity (Wildman–Crippen MR) is 250 cm³/mol. The van der Waals surface area contributed by atoms with Crippen LogP contribution in [-0.2, 0) is 6.42 Å². The molecule has 2 nitrogen and oxygen atoms in total. The molecule has 0 spiro atoms. The van der Waals surface area contributed by atoms with Crippen LogP contribution < -0.4 is 9.80 Å². The Labute approximate surface area is 345 Å². The summed E-state index contributed by atoms with van der Waals surface area (Å²) >= 11 is 0. The van der Waals surface area contributed by atoms with Crippen LogP contribution in [0, 0.1) is 0 Å². The van der Waals surface area contributed by atoms with Crippen LogP contribution in [0.3, 0.4) is 0 Å². The molecule has 0 saturated heterocycles. The second-order valence-corrected chi connectivity index (χ2v) is 15.4. The predicted octanol–water partition coefficient (Wildman–Crippen LogP) is 15.8. The Morgan fingerprint density at radius 1 is 0.322 bits per heavy atom. The van der Waals surface area contributed by atoms with Crippen molar-refractivity contribution in [3.63, 3.8) is 0 Å². The average molecular weight is 753 g/mol. The van der Waals surface area contributed by atoms with E-state index in [0.717, 1.165) is 23.5 Å². The van der Waals surface area contributed by atoms with Crippen molar-refractivity contribution in [3.8, 4) is 33.4 Å². The molecule has 0 bridgehead atoms. The highest BCUT2D eigenvalue weighted by Gasteiger charge is 2.26. The van der Waals surface area contributed by atoms with Gasteiger partial charge in [-0.05, 0) is 139 Å². The first kappa shape index (κ1) is 34.6. The Kier molecular flexibility index (Phi) is 8.60. The van der Waals surface area contributed by atoms with Crippen LogP contribution in [0.25, 0.3) is 54.9 Å². The summed E-state index contributed by atoms with van der Waals surface area (Å²) in [6.07, 6.45) is 0.847. The van der Waals surface area contributed by atoms with Gasteiger partial charge in [-0.3, -0.25) is 0 Å². The van der Waals surface area contributed by atoms with Crippen molar-refractivity contribution in [2.24, 2.45) is 0 Å². The third-order valence-electron chi connectivity index (χ3n) is 11.8. The first-order valence-electron chi connectivity index (χ1n) is 20.4. The van der Waals surface area contributed by atoms with E-state index in [1.54, 1.807) is 0 Å². The monoisotopic (exact) mass is 752 g/mol. The molecule has 278 valence electrons. The Morgan fingerprint density at radius 3 is 1.54 bits per heavy atom. The largest absolute Gasteiger partial charge is 0.311 e. The number of hydrogen-bond acceptors (Lipinski definition) is 2. The van der Waals surface area contributed by atoms with E-state index in [1.165, 1.54) is 83.1 Å². The van der Waals surface area contributed by atoms with Gasteiger partial charge in [0.15, 0.2) is 0 Å². The fourth-order valence-electron chi connectivity index (χ4n) is 8.90. The summed E-state index contributed by atoms with van der Waals surface area (Å²) in [5, 5.41) is 5.01. The molecule has 1 heterocycles. The fraction of sp³-hybridized carbons (Fsp3) is 0.0175. The molecule has 0 fully saturated rings. The summed E-state index contributed by atoms with van der Waals surface area (Å²) in [5.74, 6) is 0. The van der Waals surface area contributed by atoms with Crippen LogP contribution in [-0.4, -0.2) is 0 Å². The highest BCUT2D eigenvalue weighted by molar-refractivity contribution is 5.98. The highest BCUT2D eigenvalue weighted by Crippen LogP contribution is 2.47. The van der Waals surface area contributed by atoms with Crippen LogP contribution in [0.1, 0.15) is 11.1 Å². The summed E-state index contributed by atoms with van der Waals surface area (Å²) in [5.41, 5.74) is 16.9. The maximum atomic E-state index is 2.46. The number of fused-ring (bicyclic) bond motifs is 4. The molecular weight excluding hydrogens is 713 g/mol. The average Bonchev–Trinajstić information content (AvgIpc) is 3.31. The minimum Gasteiger partial charge on any atom is -0.311 e. The summed E-state index contributed by atoms with van der Waals surface area (Å²) in [4.78, 5) is 4.79. The maximum absolute atomic E-state index is 2.46. The number of hydrogen-bond donors (Lipinski definition) is 0. The number of para-hydroxylation sites is 1. The van der Waals surface area contributed by atoms with Crippen molar-refractivity contribution < 1.29 is 0 Å². The Hall–Kier alpha value is -7.68. The van der Waals surface area contributed by atoms with Crippen LogP contribution in [0.2, 0.25) is 0 Å². The summed E-state index contributed by atoms with van der Waals surface area (Å²) < 4.78 is 0. The molecule has 0 radical (unpaired) electrons. The van der Waals surface area contributed by atoms with E-state index in [4.69, 9.17) is 0 Å². The number of benzene rings is 10. The van der Waals surface area contributed by atoms with E-state index in [2.05, 4.69) is 240 Å². The van der Waals surface area contributed by atoms with Gasteiger partial charge in [0.1, 0.15) is 0 Å². The zero-order valence-electron chi connectivity index (χ0n) is 32.5. The molecular formula is C57H40N2. The second-order valence-electron chi connectivity index (χ2n) is 15.4. The van der Waals surface area contributed by atoms with E-state index >= 15 is 0 Å². The molecule has 0 aliphatic carbocycles. The Morgan fingerprint density at radius 2 is 0.831 bits per heavy atom. The normalized spacial score (nSPS) is 12.0. The van der Waals surface area contributed by atoms with Crippen molar-refractivity contribution in [3.05, 3.63) is 242 Å². The smallest absolute Gasteiger partial charge is 0.0497 e. The van der Waals surface area contributed by atoms with E-state index in [0.29, 0.717) is 0 Å². The topological polar surface area (TPSA) is 6.48 Å². The molecule has 0 N–H and O–H groups in total. The van der Waals surface area contributed by atoms with Crippen LogP contribution in [0.4, 0.5) is 34.1 Å². The van der Waals surface area contributed by atoms with Crippen molar-refractivity contribution in [1.29, 1.82) is 0 Å². The van der Waals surface area contributed by atoms with Gasteiger partial charge in [0.2, 0.25) is 0 Å². The molecule has 0 unspecified atom stereocenters. The summed E-state index contributed by atoms with van der Waals surface area (Å²) in [6, 6.07) is 83.9. The lowest BCUT2D eigenvalue weighted by molar-refractivity contribution is 1.09. The third kappa shape index (κ3) is 6.42. The van der Waals surface area contributed by atoms with Gasteiger partial charge in [0.05, 0.1) is 0 Å². The standard InChI is InChI=1S/C57H40N2/c1-3-12-40(13-4-1)42-22-29-51(30-23-42)58(50-18-5-2-6-19-50)52-31-24-43(25-32-52)46-27-34-56-48(36-46)38-49-37-47(55-21-11-17-44-15-9-10-20-54(44)55)28-35-57(49)59(56)53-33-26-41-14-7-8-16-45(41)39-53/h1-37,39H,38H2. The van der Waals surface area contributed by atoms with Crippen LogP contribution in [0.5, 0.6) is 0 Å². The summed E-state index contributed by atoms with van der Waals surface area (Å²) in [7, 11) is 0. The Balaban J connectivity index is 0.976. The number of anilines is 6. The van der Waals surface area contributed by atoms with Gasteiger partial charge in [-0.1, -0.05) is 158 Å². The first-order valence-corrected chi connectivity index (χ1v) is 20.4. The van der Waals surface area contributed by atoms with Gasteiger partial charge >= 0.3 is 0 Å². The van der Waals surface area contributed by atoms with Gasteiger partial charge in [0.25, 0.3) is 0 Å². The summed E-state index contributed by atoms with van der Waals surface area (Å²) in [6.45, 7) is 0. The molecule has 0 atom stereocenters. The van der Waals surface area contributed by atoms with Gasteiger partial charge in [-0.2, -0.15) is 0 Å². The fourth-order valence-corrected chi connectivity index (χ4v) is 8.90. The van der Waals surface area contributed by atoms with Crippen LogP contribution in [0.15, 0.2) is 231 Å². The molecule has 11 rings (SSSR count). The van der Waals surface area contributed by atoms with Gasteiger partial charge < -0.3 is 9.80 Å².